The molecule has 1 saturated heterocycles. The number of alkyl halides is 3. The van der Waals surface area contributed by atoms with Crippen molar-refractivity contribution in [2.24, 2.45) is 5.92 Å². The summed E-state index contributed by atoms with van der Waals surface area (Å²) in [5, 5.41) is 10.1. The quantitative estimate of drug-likeness (QED) is 0.931. The van der Waals surface area contributed by atoms with Crippen molar-refractivity contribution in [3.63, 3.8) is 0 Å². The lowest BCUT2D eigenvalue weighted by atomic mass is 9.96. The van der Waals surface area contributed by atoms with Gasteiger partial charge in [0.25, 0.3) is 0 Å². The Labute approximate surface area is 114 Å². The highest BCUT2D eigenvalue weighted by Gasteiger charge is 2.41. The fraction of sp³-hybridized carbons (Fsp3) is 0.750. The van der Waals surface area contributed by atoms with Gasteiger partial charge in [-0.2, -0.15) is 13.2 Å². The second kappa shape index (κ2) is 5.76. The molecule has 19 heavy (non-hydrogen) atoms. The highest BCUT2D eigenvalue weighted by Crippen LogP contribution is 2.34. The molecule has 2 rings (SSSR count). The Hall–Kier alpha value is -0.660. The van der Waals surface area contributed by atoms with Crippen molar-refractivity contribution in [2.75, 3.05) is 13.1 Å². The molecule has 1 aliphatic heterocycles. The maximum absolute atomic E-state index is 12.6. The first-order valence-corrected chi connectivity index (χ1v) is 7.07. The average Bonchev–Trinajstić information content (AvgIpc) is 2.69. The van der Waals surface area contributed by atoms with Crippen molar-refractivity contribution in [2.45, 2.75) is 39.1 Å². The number of aliphatic hydroxyl groups excluding tert-OH is 1. The molecular formula is C12H17F3N2OS. The molecule has 0 saturated carbocycles. The first kappa shape index (κ1) is 14.7. The molecule has 108 valence electrons. The summed E-state index contributed by atoms with van der Waals surface area (Å²) in [6, 6.07) is 0. The zero-order chi connectivity index (χ0) is 14.0. The summed E-state index contributed by atoms with van der Waals surface area (Å²) >= 11 is 1.44. The van der Waals surface area contributed by atoms with Crippen LogP contribution in [0.1, 0.15) is 28.4 Å². The first-order valence-electron chi connectivity index (χ1n) is 6.25. The summed E-state index contributed by atoms with van der Waals surface area (Å²) in [4.78, 5) is 7.14. The lowest BCUT2D eigenvalue weighted by molar-refractivity contribution is -0.185. The maximum Gasteiger partial charge on any atom is 0.391 e. The van der Waals surface area contributed by atoms with Crippen molar-refractivity contribution in [1.29, 1.82) is 0 Å². The molecule has 0 unspecified atom stereocenters. The summed E-state index contributed by atoms with van der Waals surface area (Å²) in [7, 11) is 0. The number of halogens is 3. The van der Waals surface area contributed by atoms with Gasteiger partial charge in [0.05, 0.1) is 28.1 Å². The van der Waals surface area contributed by atoms with Crippen LogP contribution < -0.4 is 0 Å². The van der Waals surface area contributed by atoms with Crippen LogP contribution in [0.25, 0.3) is 0 Å². The largest absolute Gasteiger partial charge is 0.391 e. The average molecular weight is 294 g/mol. The van der Waals surface area contributed by atoms with Crippen LogP contribution in [0.5, 0.6) is 0 Å². The Balaban J connectivity index is 1.92. The predicted molar refractivity (Wildman–Crippen MR) is 66.8 cm³/mol. The minimum Gasteiger partial charge on any atom is -0.391 e. The van der Waals surface area contributed by atoms with Crippen LogP contribution in [-0.2, 0) is 13.2 Å². The molecular weight excluding hydrogens is 277 g/mol. The Morgan fingerprint density at radius 3 is 2.53 bits per heavy atom. The SMILES string of the molecule is Cc1nc(CN2CCC(C(F)(F)F)CC2)c(CO)s1. The first-order chi connectivity index (χ1) is 8.90. The van der Waals surface area contributed by atoms with Crippen molar-refractivity contribution < 1.29 is 18.3 Å². The van der Waals surface area contributed by atoms with E-state index < -0.39 is 12.1 Å². The topological polar surface area (TPSA) is 36.4 Å². The molecule has 0 amide bonds. The molecule has 1 aliphatic rings. The Kier molecular flexibility index (Phi) is 4.47. The fourth-order valence-electron chi connectivity index (χ4n) is 2.39. The van der Waals surface area contributed by atoms with E-state index in [1.165, 1.54) is 11.3 Å². The van der Waals surface area contributed by atoms with Gasteiger partial charge in [0.2, 0.25) is 0 Å². The van der Waals surface area contributed by atoms with Crippen LogP contribution in [0.2, 0.25) is 0 Å². The van der Waals surface area contributed by atoms with Gasteiger partial charge in [0, 0.05) is 6.54 Å². The van der Waals surface area contributed by atoms with Gasteiger partial charge in [-0.1, -0.05) is 0 Å². The molecule has 0 spiro atoms. The number of aryl methyl sites for hydroxylation is 1. The molecule has 0 bridgehead atoms. The van der Waals surface area contributed by atoms with E-state index in [-0.39, 0.29) is 19.4 Å². The Bertz CT molecular complexity index is 425. The number of likely N-dealkylation sites (tertiary alicyclic amines) is 1. The van der Waals surface area contributed by atoms with Gasteiger partial charge in [-0.05, 0) is 32.9 Å². The van der Waals surface area contributed by atoms with Crippen molar-refractivity contribution >= 4 is 11.3 Å². The molecule has 1 N–H and O–H groups in total. The number of hydrogen-bond donors (Lipinski definition) is 1. The van der Waals surface area contributed by atoms with Crippen LogP contribution in [-0.4, -0.2) is 34.3 Å². The van der Waals surface area contributed by atoms with Gasteiger partial charge >= 0.3 is 6.18 Å². The van der Waals surface area contributed by atoms with Crippen LogP contribution >= 0.6 is 11.3 Å². The highest BCUT2D eigenvalue weighted by molar-refractivity contribution is 7.11. The number of aliphatic hydroxyl groups is 1. The summed E-state index contributed by atoms with van der Waals surface area (Å²) in [5.74, 6) is -1.17. The molecule has 1 aromatic heterocycles. The third-order valence-corrected chi connectivity index (χ3v) is 4.45. The Morgan fingerprint density at radius 2 is 2.00 bits per heavy atom. The van der Waals surface area contributed by atoms with Gasteiger partial charge in [-0.25, -0.2) is 4.98 Å². The van der Waals surface area contributed by atoms with Gasteiger partial charge in [-0.3, -0.25) is 4.90 Å². The number of thiazole rings is 1. The van der Waals surface area contributed by atoms with Crippen LogP contribution in [0, 0.1) is 12.8 Å². The number of piperidine rings is 1. The third-order valence-electron chi connectivity index (χ3n) is 3.45. The number of rotatable bonds is 3. The molecule has 2 heterocycles. The normalized spacial score (nSPS) is 19.0. The molecule has 0 atom stereocenters. The standard InChI is InChI=1S/C12H17F3N2OS/c1-8-16-10(11(7-18)19-8)6-17-4-2-9(3-5-17)12(13,14)15/h9,18H,2-7H2,1H3. The summed E-state index contributed by atoms with van der Waals surface area (Å²) in [5.41, 5.74) is 0.801. The second-order valence-corrected chi connectivity index (χ2v) is 6.14. The van der Waals surface area contributed by atoms with Gasteiger partial charge in [-0.15, -0.1) is 11.3 Å². The van der Waals surface area contributed by atoms with Crippen molar-refractivity contribution in [3.05, 3.63) is 15.6 Å². The van der Waals surface area contributed by atoms with Crippen molar-refractivity contribution in [1.82, 2.24) is 9.88 Å². The minimum atomic E-state index is -4.07. The molecule has 0 aromatic carbocycles. The summed E-state index contributed by atoms with van der Waals surface area (Å²) in [6.07, 6.45) is -3.76. The second-order valence-electron chi connectivity index (χ2n) is 4.85. The molecule has 7 heteroatoms. The molecule has 1 fully saturated rings. The lowest BCUT2D eigenvalue weighted by Crippen LogP contribution is -2.38. The van der Waals surface area contributed by atoms with Gasteiger partial charge in [0.15, 0.2) is 0 Å². The fourth-order valence-corrected chi connectivity index (χ4v) is 3.19. The molecule has 1 aromatic rings. The van der Waals surface area contributed by atoms with Crippen LogP contribution in [0.3, 0.4) is 0 Å². The van der Waals surface area contributed by atoms with E-state index in [0.717, 1.165) is 15.6 Å². The number of aromatic nitrogens is 1. The predicted octanol–water partition coefficient (Wildman–Crippen LogP) is 2.72. The van der Waals surface area contributed by atoms with E-state index in [2.05, 4.69) is 4.98 Å². The zero-order valence-electron chi connectivity index (χ0n) is 10.7. The molecule has 3 nitrogen and oxygen atoms in total. The zero-order valence-corrected chi connectivity index (χ0v) is 11.5. The third kappa shape index (κ3) is 3.67. The molecule has 0 aliphatic carbocycles. The smallest absolute Gasteiger partial charge is 0.391 e. The number of hydrogen-bond acceptors (Lipinski definition) is 4. The van der Waals surface area contributed by atoms with E-state index in [0.29, 0.717) is 19.6 Å². The minimum absolute atomic E-state index is 0.0557. The van der Waals surface area contributed by atoms with Gasteiger partial charge < -0.3 is 5.11 Å². The molecule has 0 radical (unpaired) electrons. The van der Waals surface area contributed by atoms with Gasteiger partial charge in [0.1, 0.15) is 0 Å². The van der Waals surface area contributed by atoms with E-state index in [4.69, 9.17) is 0 Å². The van der Waals surface area contributed by atoms with Crippen LogP contribution in [0.4, 0.5) is 13.2 Å². The number of nitrogens with zero attached hydrogens (tertiary/aromatic N) is 2. The Morgan fingerprint density at radius 1 is 1.37 bits per heavy atom. The van der Waals surface area contributed by atoms with Crippen LogP contribution in [0.15, 0.2) is 0 Å². The van der Waals surface area contributed by atoms with E-state index in [1.54, 1.807) is 0 Å². The lowest BCUT2D eigenvalue weighted by Gasteiger charge is -2.32. The van der Waals surface area contributed by atoms with E-state index >= 15 is 0 Å². The summed E-state index contributed by atoms with van der Waals surface area (Å²) < 4.78 is 37.7. The van der Waals surface area contributed by atoms with E-state index in [1.807, 2.05) is 11.8 Å². The van der Waals surface area contributed by atoms with E-state index in [9.17, 15) is 18.3 Å². The summed E-state index contributed by atoms with van der Waals surface area (Å²) in [6.45, 7) is 3.21. The monoisotopic (exact) mass is 294 g/mol. The van der Waals surface area contributed by atoms with Crippen molar-refractivity contribution in [3.8, 4) is 0 Å². The maximum atomic E-state index is 12.6. The highest BCUT2D eigenvalue weighted by atomic mass is 32.1.